The van der Waals surface area contributed by atoms with Crippen LogP contribution in [-0.4, -0.2) is 31.0 Å². The molecule has 2 aromatic heterocycles. The first-order valence-corrected chi connectivity index (χ1v) is 5.26. The molecule has 2 heterocycles. The van der Waals surface area contributed by atoms with Crippen LogP contribution in [0.3, 0.4) is 0 Å². The average Bonchev–Trinajstić information content (AvgIpc) is 2.37. The van der Waals surface area contributed by atoms with Gasteiger partial charge in [0, 0.05) is 12.4 Å². The Hall–Kier alpha value is -2.58. The van der Waals surface area contributed by atoms with E-state index in [0.717, 1.165) is 0 Å². The molecule has 0 fully saturated rings. The molecule has 6 nitrogen and oxygen atoms in total. The van der Waals surface area contributed by atoms with E-state index in [1.807, 2.05) is 0 Å². The van der Waals surface area contributed by atoms with Gasteiger partial charge in [-0.3, -0.25) is 0 Å². The summed E-state index contributed by atoms with van der Waals surface area (Å²) in [6, 6.07) is 1.34. The predicted octanol–water partition coefficient (Wildman–Crippen LogP) is 1.96. The van der Waals surface area contributed by atoms with Crippen molar-refractivity contribution in [2.75, 3.05) is 0 Å². The van der Waals surface area contributed by atoms with E-state index in [4.69, 9.17) is 5.11 Å². The number of carbonyl (C=O) groups is 1. The second-order valence-electron chi connectivity index (χ2n) is 3.75. The number of aromatic carboxylic acids is 1. The van der Waals surface area contributed by atoms with Crippen molar-refractivity contribution in [3.8, 4) is 11.5 Å². The molecule has 0 bridgehead atoms. The quantitative estimate of drug-likeness (QED) is 0.906. The van der Waals surface area contributed by atoms with Gasteiger partial charge in [-0.25, -0.2) is 24.7 Å². The largest absolute Gasteiger partial charge is 0.478 e. The normalized spacial score (nSPS) is 11.4. The maximum absolute atomic E-state index is 12.8. The van der Waals surface area contributed by atoms with Crippen molar-refractivity contribution >= 4 is 5.97 Å². The molecule has 0 unspecified atom stereocenters. The monoisotopic (exact) mass is 284 g/mol. The SMILES string of the molecule is Cc1nccc(-c2ncc(C(=O)O)c(C(F)(F)F)n2)n1. The number of rotatable bonds is 2. The van der Waals surface area contributed by atoms with E-state index in [2.05, 4.69) is 19.9 Å². The Morgan fingerprint density at radius 1 is 1.25 bits per heavy atom. The zero-order chi connectivity index (χ0) is 14.9. The lowest BCUT2D eigenvalue weighted by atomic mass is 10.2. The molecule has 0 aromatic carbocycles. The van der Waals surface area contributed by atoms with Gasteiger partial charge < -0.3 is 5.11 Å². The highest BCUT2D eigenvalue weighted by molar-refractivity contribution is 5.88. The van der Waals surface area contributed by atoms with Crippen LogP contribution in [0.25, 0.3) is 11.5 Å². The summed E-state index contributed by atoms with van der Waals surface area (Å²) >= 11 is 0. The van der Waals surface area contributed by atoms with Crippen molar-refractivity contribution in [2.45, 2.75) is 13.1 Å². The molecule has 0 saturated carbocycles. The molecular formula is C11H7F3N4O2. The standard InChI is InChI=1S/C11H7F3N4O2/c1-5-15-3-2-7(17-5)9-16-4-6(10(19)20)8(18-9)11(12,13)14/h2-4H,1H3,(H,19,20). The molecule has 0 aliphatic rings. The molecule has 0 aliphatic carbocycles. The van der Waals surface area contributed by atoms with Gasteiger partial charge >= 0.3 is 12.1 Å². The number of aryl methyl sites for hydroxylation is 1. The minimum absolute atomic E-state index is 0.0833. The topological polar surface area (TPSA) is 88.9 Å². The molecule has 0 aliphatic heterocycles. The minimum Gasteiger partial charge on any atom is -0.478 e. The Labute approximate surface area is 110 Å². The summed E-state index contributed by atoms with van der Waals surface area (Å²) in [5, 5.41) is 8.73. The molecule has 9 heteroatoms. The zero-order valence-electron chi connectivity index (χ0n) is 10.0. The summed E-state index contributed by atoms with van der Waals surface area (Å²) < 4.78 is 38.4. The fourth-order valence-corrected chi connectivity index (χ4v) is 1.46. The second kappa shape index (κ2) is 4.83. The van der Waals surface area contributed by atoms with E-state index in [-0.39, 0.29) is 11.5 Å². The third-order valence-corrected chi connectivity index (χ3v) is 2.29. The predicted molar refractivity (Wildman–Crippen MR) is 59.8 cm³/mol. The van der Waals surface area contributed by atoms with Crippen LogP contribution in [0.5, 0.6) is 0 Å². The van der Waals surface area contributed by atoms with E-state index in [0.29, 0.717) is 12.0 Å². The maximum Gasteiger partial charge on any atom is 0.434 e. The van der Waals surface area contributed by atoms with Crippen molar-refractivity contribution in [3.05, 3.63) is 35.5 Å². The smallest absolute Gasteiger partial charge is 0.434 e. The lowest BCUT2D eigenvalue weighted by Crippen LogP contribution is -2.17. The highest BCUT2D eigenvalue weighted by Crippen LogP contribution is 2.31. The number of alkyl halides is 3. The van der Waals surface area contributed by atoms with Crippen LogP contribution in [0.4, 0.5) is 13.2 Å². The molecular weight excluding hydrogens is 277 g/mol. The summed E-state index contributed by atoms with van der Waals surface area (Å²) in [5.41, 5.74) is -2.43. The van der Waals surface area contributed by atoms with Gasteiger partial charge in [0.15, 0.2) is 11.5 Å². The van der Waals surface area contributed by atoms with Crippen molar-refractivity contribution in [1.82, 2.24) is 19.9 Å². The highest BCUT2D eigenvalue weighted by Gasteiger charge is 2.38. The van der Waals surface area contributed by atoms with Gasteiger partial charge in [-0.1, -0.05) is 0 Å². The minimum atomic E-state index is -4.90. The van der Waals surface area contributed by atoms with Crippen molar-refractivity contribution in [3.63, 3.8) is 0 Å². The van der Waals surface area contributed by atoms with Crippen molar-refractivity contribution < 1.29 is 23.1 Å². The van der Waals surface area contributed by atoms with E-state index in [1.165, 1.54) is 12.3 Å². The lowest BCUT2D eigenvalue weighted by Gasteiger charge is -2.10. The molecule has 0 amide bonds. The van der Waals surface area contributed by atoms with E-state index < -0.39 is 23.4 Å². The summed E-state index contributed by atoms with van der Waals surface area (Å²) in [6.45, 7) is 1.56. The lowest BCUT2D eigenvalue weighted by molar-refractivity contribution is -0.141. The molecule has 0 spiro atoms. The van der Waals surface area contributed by atoms with Gasteiger partial charge in [0.1, 0.15) is 17.1 Å². The van der Waals surface area contributed by atoms with Gasteiger partial charge in [-0.05, 0) is 13.0 Å². The fourth-order valence-electron chi connectivity index (χ4n) is 1.46. The second-order valence-corrected chi connectivity index (χ2v) is 3.75. The van der Waals surface area contributed by atoms with E-state index >= 15 is 0 Å². The molecule has 0 atom stereocenters. The molecule has 20 heavy (non-hydrogen) atoms. The van der Waals surface area contributed by atoms with Crippen LogP contribution in [0.1, 0.15) is 21.9 Å². The van der Waals surface area contributed by atoms with Crippen LogP contribution in [0.15, 0.2) is 18.5 Å². The Kier molecular flexibility index (Phi) is 3.35. The Morgan fingerprint density at radius 3 is 2.50 bits per heavy atom. The summed E-state index contributed by atoms with van der Waals surface area (Å²) in [7, 11) is 0. The molecule has 2 aromatic rings. The van der Waals surface area contributed by atoms with Crippen molar-refractivity contribution in [2.24, 2.45) is 0 Å². The number of carboxylic acid groups (broad SMARTS) is 1. The summed E-state index contributed by atoms with van der Waals surface area (Å²) in [4.78, 5) is 25.3. The van der Waals surface area contributed by atoms with Crippen LogP contribution in [0, 0.1) is 6.92 Å². The fraction of sp³-hybridized carbons (Fsp3) is 0.182. The van der Waals surface area contributed by atoms with Gasteiger partial charge in [0.05, 0.1) is 0 Å². The van der Waals surface area contributed by atoms with Gasteiger partial charge in [0.25, 0.3) is 0 Å². The Morgan fingerprint density at radius 2 is 1.95 bits per heavy atom. The van der Waals surface area contributed by atoms with Crippen LogP contribution < -0.4 is 0 Å². The number of carboxylic acids is 1. The third-order valence-electron chi connectivity index (χ3n) is 2.29. The molecule has 104 valence electrons. The first-order valence-electron chi connectivity index (χ1n) is 5.26. The maximum atomic E-state index is 12.8. The van der Waals surface area contributed by atoms with Gasteiger partial charge in [0.2, 0.25) is 0 Å². The highest BCUT2D eigenvalue weighted by atomic mass is 19.4. The van der Waals surface area contributed by atoms with E-state index in [1.54, 1.807) is 6.92 Å². The molecule has 0 radical (unpaired) electrons. The van der Waals surface area contributed by atoms with Crippen LogP contribution >= 0.6 is 0 Å². The molecule has 0 saturated heterocycles. The van der Waals surface area contributed by atoms with Gasteiger partial charge in [-0.2, -0.15) is 13.2 Å². The first kappa shape index (κ1) is 13.8. The van der Waals surface area contributed by atoms with Crippen LogP contribution in [-0.2, 0) is 6.18 Å². The Bertz CT molecular complexity index is 673. The zero-order valence-corrected chi connectivity index (χ0v) is 10.0. The summed E-state index contributed by atoms with van der Waals surface area (Å²) in [5.74, 6) is -1.72. The van der Waals surface area contributed by atoms with Crippen LogP contribution in [0.2, 0.25) is 0 Å². The Balaban J connectivity index is 2.61. The van der Waals surface area contributed by atoms with E-state index in [9.17, 15) is 18.0 Å². The number of hydrogen-bond donors (Lipinski definition) is 1. The number of halogens is 3. The average molecular weight is 284 g/mol. The first-order chi connectivity index (χ1) is 9.29. The number of aromatic nitrogens is 4. The van der Waals surface area contributed by atoms with Gasteiger partial charge in [-0.15, -0.1) is 0 Å². The number of hydrogen-bond acceptors (Lipinski definition) is 5. The van der Waals surface area contributed by atoms with Crippen molar-refractivity contribution in [1.29, 1.82) is 0 Å². The molecule has 2 rings (SSSR count). The summed E-state index contributed by atoms with van der Waals surface area (Å²) in [6.07, 6.45) is -2.93. The third kappa shape index (κ3) is 2.71. The number of nitrogens with zero attached hydrogens (tertiary/aromatic N) is 4. The molecule has 1 N–H and O–H groups in total.